The van der Waals surface area contributed by atoms with Gasteiger partial charge in [0.1, 0.15) is 0 Å². The zero-order valence-electron chi connectivity index (χ0n) is 12.7. The van der Waals surface area contributed by atoms with E-state index in [0.717, 1.165) is 5.92 Å². The summed E-state index contributed by atoms with van der Waals surface area (Å²) < 4.78 is 0. The second-order valence-corrected chi connectivity index (χ2v) is 6.26. The molecule has 2 rings (SSSR count). The van der Waals surface area contributed by atoms with Crippen molar-refractivity contribution in [1.82, 2.24) is 0 Å². The molecule has 1 fully saturated rings. The molecule has 1 N–H and O–H groups in total. The molecule has 1 atom stereocenters. The van der Waals surface area contributed by atoms with Crippen molar-refractivity contribution in [2.45, 2.75) is 52.5 Å². The molecule has 2 heteroatoms. The molecule has 1 aromatic rings. The second-order valence-electron chi connectivity index (χ2n) is 6.26. The Morgan fingerprint density at radius 1 is 1.00 bits per heavy atom. The highest BCUT2D eigenvalue weighted by Gasteiger charge is 2.12. The molecule has 0 bridgehead atoms. The summed E-state index contributed by atoms with van der Waals surface area (Å²) in [6, 6.07) is 9.50. The van der Waals surface area contributed by atoms with Gasteiger partial charge in [0.25, 0.3) is 0 Å². The van der Waals surface area contributed by atoms with Gasteiger partial charge in [0, 0.05) is 30.5 Å². The quantitative estimate of drug-likeness (QED) is 0.808. The molecule has 106 valence electrons. The minimum Gasteiger partial charge on any atom is -0.383 e. The third-order valence-corrected chi connectivity index (χ3v) is 3.93. The molecule has 0 amide bonds. The highest BCUT2D eigenvalue weighted by Crippen LogP contribution is 2.22. The van der Waals surface area contributed by atoms with Crippen molar-refractivity contribution in [3.8, 4) is 0 Å². The van der Waals surface area contributed by atoms with E-state index in [0.29, 0.717) is 6.04 Å². The van der Waals surface area contributed by atoms with E-state index in [1.54, 1.807) is 0 Å². The second kappa shape index (κ2) is 6.83. The summed E-state index contributed by atoms with van der Waals surface area (Å²) in [5.74, 6) is 0.793. The van der Waals surface area contributed by atoms with E-state index in [2.05, 4.69) is 55.3 Å². The van der Waals surface area contributed by atoms with E-state index in [1.807, 2.05) is 0 Å². The predicted octanol–water partition coefficient (Wildman–Crippen LogP) is 4.52. The Labute approximate surface area is 118 Å². The number of anilines is 2. The lowest BCUT2D eigenvalue weighted by atomic mass is 10.0. The SMILES string of the molecule is CC(C)CCC(C)Nc1ccc(N2CCCC2)cc1. The third-order valence-electron chi connectivity index (χ3n) is 3.93. The number of nitrogens with one attached hydrogen (secondary N) is 1. The molecule has 0 spiro atoms. The molecule has 0 aromatic heterocycles. The highest BCUT2D eigenvalue weighted by molar-refractivity contribution is 5.55. The lowest BCUT2D eigenvalue weighted by molar-refractivity contribution is 0.528. The van der Waals surface area contributed by atoms with E-state index in [1.165, 1.54) is 50.1 Å². The summed E-state index contributed by atoms with van der Waals surface area (Å²) in [4.78, 5) is 2.48. The van der Waals surface area contributed by atoms with Gasteiger partial charge in [-0.05, 0) is 62.8 Å². The average molecular weight is 260 g/mol. The van der Waals surface area contributed by atoms with Crippen LogP contribution in [-0.2, 0) is 0 Å². The summed E-state index contributed by atoms with van der Waals surface area (Å²) in [6.45, 7) is 9.29. The van der Waals surface area contributed by atoms with Crippen LogP contribution in [0.1, 0.15) is 46.5 Å². The first kappa shape index (κ1) is 14.2. The molecule has 0 aliphatic carbocycles. The van der Waals surface area contributed by atoms with Gasteiger partial charge in [-0.3, -0.25) is 0 Å². The van der Waals surface area contributed by atoms with Crippen LogP contribution in [0.25, 0.3) is 0 Å². The fourth-order valence-corrected chi connectivity index (χ4v) is 2.68. The van der Waals surface area contributed by atoms with E-state index in [4.69, 9.17) is 0 Å². The first-order valence-corrected chi connectivity index (χ1v) is 7.76. The lowest BCUT2D eigenvalue weighted by Crippen LogP contribution is -2.18. The maximum atomic E-state index is 3.60. The predicted molar refractivity (Wildman–Crippen MR) is 85.0 cm³/mol. The Kier molecular flexibility index (Phi) is 5.12. The Morgan fingerprint density at radius 2 is 1.63 bits per heavy atom. The van der Waals surface area contributed by atoms with Gasteiger partial charge in [-0.15, -0.1) is 0 Å². The van der Waals surface area contributed by atoms with Crippen LogP contribution in [0.4, 0.5) is 11.4 Å². The Hall–Kier alpha value is -1.18. The zero-order valence-corrected chi connectivity index (χ0v) is 12.7. The van der Waals surface area contributed by atoms with Gasteiger partial charge in [0.15, 0.2) is 0 Å². The van der Waals surface area contributed by atoms with Crippen LogP contribution in [-0.4, -0.2) is 19.1 Å². The number of benzene rings is 1. The number of rotatable bonds is 6. The smallest absolute Gasteiger partial charge is 0.0367 e. The topological polar surface area (TPSA) is 15.3 Å². The van der Waals surface area contributed by atoms with Crippen molar-refractivity contribution >= 4 is 11.4 Å². The molecule has 1 aromatic carbocycles. The molecular weight excluding hydrogens is 232 g/mol. The molecule has 1 saturated heterocycles. The van der Waals surface area contributed by atoms with Crippen molar-refractivity contribution in [2.24, 2.45) is 5.92 Å². The molecule has 0 radical (unpaired) electrons. The molecule has 0 saturated carbocycles. The normalized spacial score (nSPS) is 16.9. The van der Waals surface area contributed by atoms with E-state index in [9.17, 15) is 0 Å². The zero-order chi connectivity index (χ0) is 13.7. The molecule has 19 heavy (non-hydrogen) atoms. The van der Waals surface area contributed by atoms with Gasteiger partial charge in [-0.25, -0.2) is 0 Å². The van der Waals surface area contributed by atoms with Gasteiger partial charge < -0.3 is 10.2 Å². The molecule has 2 nitrogen and oxygen atoms in total. The summed E-state index contributed by atoms with van der Waals surface area (Å²) in [7, 11) is 0. The van der Waals surface area contributed by atoms with Crippen LogP contribution >= 0.6 is 0 Å². The van der Waals surface area contributed by atoms with Crippen LogP contribution in [0.5, 0.6) is 0 Å². The molecule has 1 heterocycles. The summed E-state index contributed by atoms with van der Waals surface area (Å²) >= 11 is 0. The van der Waals surface area contributed by atoms with Crippen molar-refractivity contribution in [3.63, 3.8) is 0 Å². The Balaban J connectivity index is 1.84. The largest absolute Gasteiger partial charge is 0.383 e. The standard InChI is InChI=1S/C17H28N2/c1-14(2)6-7-15(3)18-16-8-10-17(11-9-16)19-12-4-5-13-19/h8-11,14-15,18H,4-7,12-13H2,1-3H3. The molecule has 1 aliphatic heterocycles. The molecular formula is C17H28N2. The summed E-state index contributed by atoms with van der Waals surface area (Å²) in [5, 5.41) is 3.60. The average Bonchev–Trinajstić information content (AvgIpc) is 2.91. The van der Waals surface area contributed by atoms with Gasteiger partial charge >= 0.3 is 0 Å². The Bertz CT molecular complexity index is 363. The van der Waals surface area contributed by atoms with E-state index >= 15 is 0 Å². The van der Waals surface area contributed by atoms with Crippen molar-refractivity contribution < 1.29 is 0 Å². The van der Waals surface area contributed by atoms with Crippen LogP contribution in [0.2, 0.25) is 0 Å². The molecule has 1 unspecified atom stereocenters. The fraction of sp³-hybridized carbons (Fsp3) is 0.647. The molecule has 1 aliphatic rings. The fourth-order valence-electron chi connectivity index (χ4n) is 2.68. The number of nitrogens with zero attached hydrogens (tertiary/aromatic N) is 1. The van der Waals surface area contributed by atoms with Gasteiger partial charge in [0.2, 0.25) is 0 Å². The maximum absolute atomic E-state index is 3.60. The van der Waals surface area contributed by atoms with Crippen LogP contribution in [0.3, 0.4) is 0 Å². The van der Waals surface area contributed by atoms with Crippen molar-refractivity contribution in [2.75, 3.05) is 23.3 Å². The van der Waals surface area contributed by atoms with Crippen molar-refractivity contribution in [1.29, 1.82) is 0 Å². The first-order valence-electron chi connectivity index (χ1n) is 7.76. The maximum Gasteiger partial charge on any atom is 0.0367 e. The van der Waals surface area contributed by atoms with Gasteiger partial charge in [-0.2, -0.15) is 0 Å². The monoisotopic (exact) mass is 260 g/mol. The first-order chi connectivity index (χ1) is 9.15. The summed E-state index contributed by atoms with van der Waals surface area (Å²) in [6.07, 6.45) is 5.21. The van der Waals surface area contributed by atoms with Gasteiger partial charge in [-0.1, -0.05) is 13.8 Å². The van der Waals surface area contributed by atoms with Crippen LogP contribution < -0.4 is 10.2 Å². The Morgan fingerprint density at radius 3 is 2.21 bits per heavy atom. The van der Waals surface area contributed by atoms with E-state index in [-0.39, 0.29) is 0 Å². The van der Waals surface area contributed by atoms with Crippen LogP contribution in [0.15, 0.2) is 24.3 Å². The van der Waals surface area contributed by atoms with Gasteiger partial charge in [0.05, 0.1) is 0 Å². The number of hydrogen-bond acceptors (Lipinski definition) is 2. The third kappa shape index (κ3) is 4.45. The van der Waals surface area contributed by atoms with E-state index < -0.39 is 0 Å². The minimum absolute atomic E-state index is 0.556. The number of hydrogen-bond donors (Lipinski definition) is 1. The minimum atomic E-state index is 0.556. The highest BCUT2D eigenvalue weighted by atomic mass is 15.1. The van der Waals surface area contributed by atoms with Crippen molar-refractivity contribution in [3.05, 3.63) is 24.3 Å². The van der Waals surface area contributed by atoms with Crippen LogP contribution in [0, 0.1) is 5.92 Å². The lowest BCUT2D eigenvalue weighted by Gasteiger charge is -2.20. The summed E-state index contributed by atoms with van der Waals surface area (Å²) in [5.41, 5.74) is 2.62.